The predicted molar refractivity (Wildman–Crippen MR) is 106 cm³/mol. The summed E-state index contributed by atoms with van der Waals surface area (Å²) in [4.78, 5) is 8.79. The van der Waals surface area contributed by atoms with Gasteiger partial charge in [0.05, 0.1) is 30.7 Å². The van der Waals surface area contributed by atoms with E-state index in [-0.39, 0.29) is 0 Å². The van der Waals surface area contributed by atoms with Crippen LogP contribution in [0.2, 0.25) is 0 Å². The van der Waals surface area contributed by atoms with Gasteiger partial charge < -0.3 is 4.74 Å². The molecule has 0 fully saturated rings. The Balaban J connectivity index is 1.60. The van der Waals surface area contributed by atoms with Gasteiger partial charge in [0.2, 0.25) is 0 Å². The number of ether oxygens (including phenoxy) is 1. The SMILES string of the molecule is COc1cccc(Cn2ccc(-c3cccc(-c4nccnc4C)c3)n2)c1. The van der Waals surface area contributed by atoms with Crippen molar-refractivity contribution in [2.45, 2.75) is 13.5 Å². The third kappa shape index (κ3) is 3.72. The van der Waals surface area contributed by atoms with Crippen molar-refractivity contribution in [2.24, 2.45) is 0 Å². The number of hydrogen-bond acceptors (Lipinski definition) is 4. The van der Waals surface area contributed by atoms with Gasteiger partial charge in [-0.15, -0.1) is 0 Å². The normalized spacial score (nSPS) is 10.7. The molecule has 0 bridgehead atoms. The van der Waals surface area contributed by atoms with Crippen molar-refractivity contribution in [3.05, 3.63) is 84.4 Å². The zero-order chi connectivity index (χ0) is 18.6. The number of aryl methyl sites for hydroxylation is 1. The van der Waals surface area contributed by atoms with Crippen molar-refractivity contribution in [3.63, 3.8) is 0 Å². The van der Waals surface area contributed by atoms with E-state index in [1.54, 1.807) is 19.5 Å². The quantitative estimate of drug-likeness (QED) is 0.533. The Hall–Kier alpha value is -3.47. The number of hydrogen-bond donors (Lipinski definition) is 0. The fourth-order valence-electron chi connectivity index (χ4n) is 3.08. The van der Waals surface area contributed by atoms with Crippen LogP contribution in [0.1, 0.15) is 11.3 Å². The molecule has 4 rings (SSSR count). The molecule has 0 aliphatic carbocycles. The number of aromatic nitrogens is 4. The molecule has 5 heteroatoms. The molecule has 0 saturated carbocycles. The summed E-state index contributed by atoms with van der Waals surface area (Å²) in [6.07, 6.45) is 5.43. The highest BCUT2D eigenvalue weighted by molar-refractivity contribution is 5.70. The molecule has 27 heavy (non-hydrogen) atoms. The van der Waals surface area contributed by atoms with Crippen LogP contribution in [0.3, 0.4) is 0 Å². The molecule has 0 aliphatic rings. The zero-order valence-electron chi connectivity index (χ0n) is 15.3. The van der Waals surface area contributed by atoms with Gasteiger partial charge in [0.25, 0.3) is 0 Å². The largest absolute Gasteiger partial charge is 0.497 e. The van der Waals surface area contributed by atoms with Crippen molar-refractivity contribution in [3.8, 4) is 28.3 Å². The molecule has 0 radical (unpaired) electrons. The van der Waals surface area contributed by atoms with Crippen molar-refractivity contribution in [1.82, 2.24) is 19.7 Å². The van der Waals surface area contributed by atoms with E-state index in [9.17, 15) is 0 Å². The first kappa shape index (κ1) is 17.0. The van der Waals surface area contributed by atoms with Crippen LogP contribution in [0.5, 0.6) is 5.75 Å². The summed E-state index contributed by atoms with van der Waals surface area (Å²) < 4.78 is 7.23. The number of nitrogens with zero attached hydrogens (tertiary/aromatic N) is 4. The van der Waals surface area contributed by atoms with Crippen molar-refractivity contribution < 1.29 is 4.74 Å². The lowest BCUT2D eigenvalue weighted by atomic mass is 10.0. The van der Waals surface area contributed by atoms with E-state index in [0.29, 0.717) is 6.54 Å². The molecule has 0 aliphatic heterocycles. The second kappa shape index (κ2) is 7.41. The lowest BCUT2D eigenvalue weighted by molar-refractivity contribution is 0.414. The molecule has 5 nitrogen and oxygen atoms in total. The van der Waals surface area contributed by atoms with Gasteiger partial charge in [-0.25, -0.2) is 0 Å². The Kier molecular flexibility index (Phi) is 4.66. The summed E-state index contributed by atoms with van der Waals surface area (Å²) in [5.41, 5.74) is 5.99. The molecule has 2 aromatic carbocycles. The monoisotopic (exact) mass is 356 g/mol. The molecular formula is C22H20N4O. The van der Waals surface area contributed by atoms with Gasteiger partial charge in [-0.1, -0.05) is 30.3 Å². The summed E-state index contributed by atoms with van der Waals surface area (Å²) in [5.74, 6) is 0.854. The average Bonchev–Trinajstić information content (AvgIpc) is 3.17. The molecule has 134 valence electrons. The van der Waals surface area contributed by atoms with E-state index in [1.807, 2.05) is 54.2 Å². The molecule has 0 amide bonds. The number of methoxy groups -OCH3 is 1. The van der Waals surface area contributed by atoms with Crippen LogP contribution in [-0.4, -0.2) is 26.9 Å². The minimum Gasteiger partial charge on any atom is -0.497 e. The van der Waals surface area contributed by atoms with Crippen LogP contribution in [-0.2, 0) is 6.54 Å². The van der Waals surface area contributed by atoms with Crippen LogP contribution in [0.4, 0.5) is 0 Å². The molecular weight excluding hydrogens is 336 g/mol. The van der Waals surface area contributed by atoms with E-state index in [4.69, 9.17) is 9.84 Å². The smallest absolute Gasteiger partial charge is 0.119 e. The van der Waals surface area contributed by atoms with Gasteiger partial charge in [-0.2, -0.15) is 5.10 Å². The zero-order valence-corrected chi connectivity index (χ0v) is 15.3. The van der Waals surface area contributed by atoms with Gasteiger partial charge in [-0.05, 0) is 36.8 Å². The standard InChI is InChI=1S/C22H20N4O/c1-16-22(24-11-10-23-16)19-7-4-6-18(14-19)21-9-12-26(25-21)15-17-5-3-8-20(13-17)27-2/h3-14H,15H2,1-2H3. The van der Waals surface area contributed by atoms with Gasteiger partial charge in [0.1, 0.15) is 5.75 Å². The summed E-state index contributed by atoms with van der Waals surface area (Å²) in [5, 5.41) is 4.73. The first-order chi connectivity index (χ1) is 13.2. The maximum atomic E-state index is 5.29. The van der Waals surface area contributed by atoms with Crippen molar-refractivity contribution in [2.75, 3.05) is 7.11 Å². The minimum absolute atomic E-state index is 0.695. The lowest BCUT2D eigenvalue weighted by Crippen LogP contribution is -2.00. The third-order valence-corrected chi connectivity index (χ3v) is 4.43. The summed E-state index contributed by atoms with van der Waals surface area (Å²) >= 11 is 0. The van der Waals surface area contributed by atoms with Crippen LogP contribution >= 0.6 is 0 Å². The van der Waals surface area contributed by atoms with Crippen LogP contribution < -0.4 is 4.74 Å². The Morgan fingerprint density at radius 2 is 1.74 bits per heavy atom. The number of benzene rings is 2. The van der Waals surface area contributed by atoms with Crippen LogP contribution in [0.25, 0.3) is 22.5 Å². The Morgan fingerprint density at radius 3 is 2.59 bits per heavy atom. The molecule has 0 N–H and O–H groups in total. The molecule has 0 saturated heterocycles. The molecule has 2 heterocycles. The topological polar surface area (TPSA) is 52.8 Å². The number of rotatable bonds is 5. The van der Waals surface area contributed by atoms with E-state index >= 15 is 0 Å². The highest BCUT2D eigenvalue weighted by Gasteiger charge is 2.08. The second-order valence-corrected chi connectivity index (χ2v) is 6.32. The maximum Gasteiger partial charge on any atom is 0.119 e. The Bertz CT molecular complexity index is 1070. The third-order valence-electron chi connectivity index (χ3n) is 4.43. The van der Waals surface area contributed by atoms with Crippen molar-refractivity contribution in [1.29, 1.82) is 0 Å². The van der Waals surface area contributed by atoms with Crippen LogP contribution in [0, 0.1) is 6.92 Å². The summed E-state index contributed by atoms with van der Waals surface area (Å²) in [6.45, 7) is 2.66. The minimum atomic E-state index is 0.695. The van der Waals surface area contributed by atoms with E-state index in [2.05, 4.69) is 28.2 Å². The van der Waals surface area contributed by atoms with E-state index in [0.717, 1.165) is 39.5 Å². The molecule has 0 spiro atoms. The molecule has 0 atom stereocenters. The molecule has 0 unspecified atom stereocenters. The van der Waals surface area contributed by atoms with E-state index < -0.39 is 0 Å². The first-order valence-electron chi connectivity index (χ1n) is 8.78. The molecule has 4 aromatic rings. The Labute approximate surface area is 158 Å². The van der Waals surface area contributed by atoms with Crippen molar-refractivity contribution >= 4 is 0 Å². The fourth-order valence-corrected chi connectivity index (χ4v) is 3.08. The van der Waals surface area contributed by atoms with Gasteiger partial charge in [-0.3, -0.25) is 14.6 Å². The van der Waals surface area contributed by atoms with Gasteiger partial charge in [0, 0.05) is 29.7 Å². The summed E-state index contributed by atoms with van der Waals surface area (Å²) in [7, 11) is 1.68. The first-order valence-corrected chi connectivity index (χ1v) is 8.78. The fraction of sp³-hybridized carbons (Fsp3) is 0.136. The molecule has 2 aromatic heterocycles. The average molecular weight is 356 g/mol. The van der Waals surface area contributed by atoms with E-state index in [1.165, 1.54) is 0 Å². The van der Waals surface area contributed by atoms with Crippen LogP contribution in [0.15, 0.2) is 73.2 Å². The lowest BCUT2D eigenvalue weighted by Gasteiger charge is -2.06. The second-order valence-electron chi connectivity index (χ2n) is 6.32. The van der Waals surface area contributed by atoms with Gasteiger partial charge >= 0.3 is 0 Å². The predicted octanol–water partition coefficient (Wildman–Crippen LogP) is 4.37. The highest BCUT2D eigenvalue weighted by atomic mass is 16.5. The summed E-state index contributed by atoms with van der Waals surface area (Å²) in [6, 6.07) is 18.3. The Morgan fingerprint density at radius 1 is 0.926 bits per heavy atom. The highest BCUT2D eigenvalue weighted by Crippen LogP contribution is 2.25. The van der Waals surface area contributed by atoms with Gasteiger partial charge in [0.15, 0.2) is 0 Å². The maximum absolute atomic E-state index is 5.29.